The largest absolute Gasteiger partial charge is 0.462 e. The van der Waals surface area contributed by atoms with Gasteiger partial charge in [-0.1, -0.05) is 58.4 Å². The maximum atomic E-state index is 12.7. The van der Waals surface area contributed by atoms with Gasteiger partial charge in [-0.25, -0.2) is 4.79 Å². The lowest BCUT2D eigenvalue weighted by atomic mass is 9.97. The number of carbonyl (C=O) groups excluding carboxylic acids is 1. The Balaban J connectivity index is 2.01. The second kappa shape index (κ2) is 8.01. The van der Waals surface area contributed by atoms with Gasteiger partial charge in [0.2, 0.25) is 0 Å². The van der Waals surface area contributed by atoms with E-state index in [9.17, 15) is 4.79 Å². The van der Waals surface area contributed by atoms with Crippen LogP contribution >= 0.6 is 15.9 Å². The highest BCUT2D eigenvalue weighted by atomic mass is 79.9. The number of hydrogen-bond acceptors (Lipinski definition) is 3. The highest BCUT2D eigenvalue weighted by Crippen LogP contribution is 2.38. The molecule has 1 aromatic heterocycles. The molecule has 0 unspecified atom stereocenters. The molecule has 3 aromatic carbocycles. The third-order valence-electron chi connectivity index (χ3n) is 5.31. The molecule has 4 aromatic rings. The van der Waals surface area contributed by atoms with Crippen LogP contribution in [0.1, 0.15) is 23.0 Å². The molecule has 0 aliphatic carbocycles. The molecule has 1 heterocycles. The Labute approximate surface area is 178 Å². The molecule has 1 N–H and O–H groups in total. The van der Waals surface area contributed by atoms with Crippen LogP contribution in [0.3, 0.4) is 0 Å². The van der Waals surface area contributed by atoms with Gasteiger partial charge in [0.15, 0.2) is 0 Å². The highest BCUT2D eigenvalue weighted by molar-refractivity contribution is 9.10. The van der Waals surface area contributed by atoms with Gasteiger partial charge in [-0.05, 0) is 48.0 Å². The minimum atomic E-state index is -0.284. The molecule has 0 fully saturated rings. The van der Waals surface area contributed by atoms with Crippen molar-refractivity contribution in [1.82, 2.24) is 9.88 Å². The first-order valence-corrected chi connectivity index (χ1v) is 10.5. The SMILES string of the molecule is CCOC(=O)c1c(CNC)n(C)c2cc(-c3cccc4ccccc34)c(Br)cc12. The smallest absolute Gasteiger partial charge is 0.340 e. The van der Waals surface area contributed by atoms with Crippen LogP contribution in [-0.4, -0.2) is 24.2 Å². The van der Waals surface area contributed by atoms with E-state index in [0.717, 1.165) is 32.2 Å². The van der Waals surface area contributed by atoms with Gasteiger partial charge in [-0.3, -0.25) is 0 Å². The lowest BCUT2D eigenvalue weighted by Crippen LogP contribution is -2.14. The summed E-state index contributed by atoms with van der Waals surface area (Å²) in [5.74, 6) is -0.284. The third-order valence-corrected chi connectivity index (χ3v) is 5.97. The minimum Gasteiger partial charge on any atom is -0.462 e. The Bertz CT molecular complexity index is 1220. The average Bonchev–Trinajstić information content (AvgIpc) is 2.98. The van der Waals surface area contributed by atoms with Gasteiger partial charge in [0, 0.05) is 34.7 Å². The molecular formula is C24H23BrN2O2. The molecule has 0 radical (unpaired) electrons. The van der Waals surface area contributed by atoms with Crippen LogP contribution in [0, 0.1) is 0 Å². The van der Waals surface area contributed by atoms with Crippen molar-refractivity contribution in [1.29, 1.82) is 0 Å². The maximum Gasteiger partial charge on any atom is 0.340 e. The first kappa shape index (κ1) is 19.7. The molecule has 5 heteroatoms. The Morgan fingerprint density at radius 3 is 2.59 bits per heavy atom. The summed E-state index contributed by atoms with van der Waals surface area (Å²) in [6.45, 7) is 2.76. The number of aryl methyl sites for hydroxylation is 1. The second-order valence-electron chi connectivity index (χ2n) is 7.01. The lowest BCUT2D eigenvalue weighted by Gasteiger charge is -2.10. The number of ether oxygens (including phenoxy) is 1. The number of nitrogens with one attached hydrogen (secondary N) is 1. The number of benzene rings is 3. The van der Waals surface area contributed by atoms with Crippen molar-refractivity contribution in [3.63, 3.8) is 0 Å². The molecule has 0 spiro atoms. The molecule has 0 aliphatic heterocycles. The fourth-order valence-corrected chi connectivity index (χ4v) is 4.54. The zero-order valence-corrected chi connectivity index (χ0v) is 18.3. The number of esters is 1. The van der Waals surface area contributed by atoms with Crippen LogP contribution in [0.5, 0.6) is 0 Å². The summed E-state index contributed by atoms with van der Waals surface area (Å²) in [5, 5.41) is 6.46. The Morgan fingerprint density at radius 1 is 1.07 bits per heavy atom. The predicted octanol–water partition coefficient (Wildman–Crippen LogP) is 5.66. The zero-order chi connectivity index (χ0) is 20.5. The highest BCUT2D eigenvalue weighted by Gasteiger charge is 2.23. The van der Waals surface area contributed by atoms with Crippen molar-refractivity contribution in [3.05, 3.63) is 70.3 Å². The molecule has 4 rings (SSSR count). The monoisotopic (exact) mass is 450 g/mol. The molecule has 0 saturated heterocycles. The Morgan fingerprint density at radius 2 is 1.83 bits per heavy atom. The number of halogens is 1. The molecule has 0 amide bonds. The van der Waals surface area contributed by atoms with E-state index in [1.165, 1.54) is 10.8 Å². The van der Waals surface area contributed by atoms with E-state index in [0.29, 0.717) is 18.7 Å². The number of nitrogens with zero attached hydrogens (tertiary/aromatic N) is 1. The summed E-state index contributed by atoms with van der Waals surface area (Å²) in [5.41, 5.74) is 4.81. The predicted molar refractivity (Wildman–Crippen MR) is 122 cm³/mol. The zero-order valence-electron chi connectivity index (χ0n) is 16.8. The van der Waals surface area contributed by atoms with Crippen molar-refractivity contribution in [3.8, 4) is 11.1 Å². The minimum absolute atomic E-state index is 0.284. The van der Waals surface area contributed by atoms with E-state index in [1.54, 1.807) is 0 Å². The fraction of sp³-hybridized carbons (Fsp3) is 0.208. The second-order valence-corrected chi connectivity index (χ2v) is 7.86. The van der Waals surface area contributed by atoms with E-state index < -0.39 is 0 Å². The average molecular weight is 451 g/mol. The number of fused-ring (bicyclic) bond motifs is 2. The van der Waals surface area contributed by atoms with Crippen molar-refractivity contribution >= 4 is 43.6 Å². The van der Waals surface area contributed by atoms with E-state index in [2.05, 4.69) is 74.3 Å². The molecule has 0 saturated carbocycles. The van der Waals surface area contributed by atoms with Gasteiger partial charge >= 0.3 is 5.97 Å². The van der Waals surface area contributed by atoms with Gasteiger partial charge in [-0.15, -0.1) is 0 Å². The molecule has 0 atom stereocenters. The quantitative estimate of drug-likeness (QED) is 0.399. The van der Waals surface area contributed by atoms with Gasteiger partial charge < -0.3 is 14.6 Å². The Kier molecular flexibility index (Phi) is 5.43. The van der Waals surface area contributed by atoms with E-state index in [-0.39, 0.29) is 5.97 Å². The van der Waals surface area contributed by atoms with Crippen LogP contribution in [0.4, 0.5) is 0 Å². The van der Waals surface area contributed by atoms with E-state index >= 15 is 0 Å². The van der Waals surface area contributed by atoms with Gasteiger partial charge in [0.05, 0.1) is 12.2 Å². The van der Waals surface area contributed by atoms with Gasteiger partial charge in [0.1, 0.15) is 0 Å². The van der Waals surface area contributed by atoms with Crippen LogP contribution in [0.2, 0.25) is 0 Å². The summed E-state index contributed by atoms with van der Waals surface area (Å²) in [7, 11) is 3.88. The van der Waals surface area contributed by atoms with Gasteiger partial charge in [-0.2, -0.15) is 0 Å². The molecule has 29 heavy (non-hydrogen) atoms. The standard InChI is InChI=1S/C24H23BrN2O2/c1-4-29-24(28)23-19-12-20(25)18(13-21(19)27(3)22(23)14-26-2)17-11-7-9-15-8-5-6-10-16(15)17/h5-13,26H,4,14H2,1-3H3. The number of hydrogen-bond donors (Lipinski definition) is 1. The van der Waals surface area contributed by atoms with Crippen LogP contribution in [-0.2, 0) is 18.3 Å². The summed E-state index contributed by atoms with van der Waals surface area (Å²) in [6.07, 6.45) is 0. The number of rotatable bonds is 5. The first-order chi connectivity index (χ1) is 14.1. The fourth-order valence-electron chi connectivity index (χ4n) is 3.98. The molecule has 0 bridgehead atoms. The number of carbonyl (C=O) groups is 1. The van der Waals surface area contributed by atoms with E-state index in [4.69, 9.17) is 4.74 Å². The maximum absolute atomic E-state index is 12.7. The first-order valence-electron chi connectivity index (χ1n) is 9.67. The van der Waals surface area contributed by atoms with Crippen LogP contribution < -0.4 is 5.32 Å². The normalized spacial score (nSPS) is 11.3. The molecule has 4 nitrogen and oxygen atoms in total. The summed E-state index contributed by atoms with van der Waals surface area (Å²) in [4.78, 5) is 12.7. The summed E-state index contributed by atoms with van der Waals surface area (Å²) >= 11 is 3.76. The van der Waals surface area contributed by atoms with Crippen molar-refractivity contribution in [2.75, 3.05) is 13.7 Å². The van der Waals surface area contributed by atoms with Crippen LogP contribution in [0.25, 0.3) is 32.8 Å². The van der Waals surface area contributed by atoms with Gasteiger partial charge in [0.25, 0.3) is 0 Å². The molecular weight excluding hydrogens is 428 g/mol. The van der Waals surface area contributed by atoms with Crippen molar-refractivity contribution < 1.29 is 9.53 Å². The lowest BCUT2D eigenvalue weighted by molar-refractivity contribution is 0.0527. The van der Waals surface area contributed by atoms with Crippen molar-refractivity contribution in [2.45, 2.75) is 13.5 Å². The molecule has 148 valence electrons. The molecule has 0 aliphatic rings. The third kappa shape index (κ3) is 3.34. The number of aromatic nitrogens is 1. The Hall–Kier alpha value is -2.63. The topological polar surface area (TPSA) is 43.3 Å². The summed E-state index contributed by atoms with van der Waals surface area (Å²) in [6, 6.07) is 18.9. The van der Waals surface area contributed by atoms with Crippen LogP contribution in [0.15, 0.2) is 59.1 Å². The van der Waals surface area contributed by atoms with Crippen molar-refractivity contribution in [2.24, 2.45) is 7.05 Å². The van der Waals surface area contributed by atoms with E-state index in [1.807, 2.05) is 27.1 Å². The summed E-state index contributed by atoms with van der Waals surface area (Å²) < 4.78 is 8.39.